The van der Waals surface area contributed by atoms with E-state index < -0.39 is 6.23 Å². The molecule has 3 aromatic carbocycles. The molecular weight excluding hydrogens is 360 g/mol. The van der Waals surface area contributed by atoms with Crippen LogP contribution in [-0.2, 0) is 0 Å². The summed E-state index contributed by atoms with van der Waals surface area (Å²) < 4.78 is 0. The molecule has 0 spiro atoms. The summed E-state index contributed by atoms with van der Waals surface area (Å²) in [5, 5.41) is 17.1. The van der Waals surface area contributed by atoms with Gasteiger partial charge in [-0.25, -0.2) is 0 Å². The van der Waals surface area contributed by atoms with E-state index in [1.165, 1.54) is 16.8 Å². The van der Waals surface area contributed by atoms with E-state index in [1.807, 2.05) is 36.4 Å². The Morgan fingerprint density at radius 1 is 1.00 bits per heavy atom. The molecule has 1 unspecified atom stereocenters. The van der Waals surface area contributed by atoms with E-state index in [0.717, 1.165) is 43.0 Å². The Kier molecular flexibility index (Phi) is 5.69. The number of aliphatic hydroxyl groups is 1. The third kappa shape index (κ3) is 4.36. The number of aliphatic hydroxyl groups excluding tert-OH is 1. The zero-order valence-corrected chi connectivity index (χ0v) is 16.7. The molecule has 3 aromatic rings. The highest BCUT2D eigenvalue weighted by atomic mass is 16.3. The smallest absolute Gasteiger partial charge is 0.150 e. The van der Waals surface area contributed by atoms with Crippen LogP contribution in [0.25, 0.3) is 11.1 Å². The van der Waals surface area contributed by atoms with Crippen molar-refractivity contribution in [2.24, 2.45) is 0 Å². The van der Waals surface area contributed by atoms with E-state index in [1.54, 1.807) is 0 Å². The Hall–Kier alpha value is -3.02. The number of rotatable bonds is 5. The normalized spacial score (nSPS) is 15.2. The van der Waals surface area contributed by atoms with Crippen LogP contribution in [0.15, 0.2) is 66.7 Å². The maximum Gasteiger partial charge on any atom is 0.150 e. The van der Waals surface area contributed by atoms with Gasteiger partial charge in [0.1, 0.15) is 0 Å². The number of nitrogens with one attached hydrogen (secondary N) is 2. The molecule has 1 saturated heterocycles. The van der Waals surface area contributed by atoms with E-state index in [4.69, 9.17) is 5.73 Å². The van der Waals surface area contributed by atoms with Crippen LogP contribution in [0.2, 0.25) is 0 Å². The predicted octanol–water partition coefficient (Wildman–Crippen LogP) is 3.76. The number of piperazine rings is 1. The molecule has 1 aliphatic heterocycles. The molecule has 150 valence electrons. The van der Waals surface area contributed by atoms with Gasteiger partial charge in [0, 0.05) is 37.4 Å². The third-order valence-corrected chi connectivity index (χ3v) is 5.48. The zero-order chi connectivity index (χ0) is 20.2. The number of para-hydroxylation sites is 2. The lowest BCUT2D eigenvalue weighted by atomic mass is 9.97. The van der Waals surface area contributed by atoms with Gasteiger partial charge in [0.05, 0.1) is 11.4 Å². The number of aryl methyl sites for hydroxylation is 1. The molecule has 1 fully saturated rings. The van der Waals surface area contributed by atoms with Crippen LogP contribution in [0, 0.1) is 6.92 Å². The number of benzene rings is 3. The molecule has 0 bridgehead atoms. The van der Waals surface area contributed by atoms with Gasteiger partial charge in [-0.3, -0.25) is 0 Å². The van der Waals surface area contributed by atoms with E-state index in [-0.39, 0.29) is 0 Å². The summed E-state index contributed by atoms with van der Waals surface area (Å²) in [6.07, 6.45) is -0.817. The average molecular weight is 389 g/mol. The minimum atomic E-state index is -0.817. The van der Waals surface area contributed by atoms with Gasteiger partial charge < -0.3 is 26.4 Å². The fourth-order valence-corrected chi connectivity index (χ4v) is 3.81. The van der Waals surface area contributed by atoms with Crippen molar-refractivity contribution in [2.75, 3.05) is 42.1 Å². The largest absolute Gasteiger partial charge is 0.397 e. The highest BCUT2D eigenvalue weighted by Gasteiger charge is 2.13. The van der Waals surface area contributed by atoms with Crippen LogP contribution >= 0.6 is 0 Å². The molecule has 5 N–H and O–H groups in total. The second-order valence-corrected chi connectivity index (χ2v) is 7.49. The molecule has 5 nitrogen and oxygen atoms in total. The maximum atomic E-state index is 10.6. The van der Waals surface area contributed by atoms with E-state index >= 15 is 0 Å². The third-order valence-electron chi connectivity index (χ3n) is 5.48. The van der Waals surface area contributed by atoms with E-state index in [0.29, 0.717) is 5.69 Å². The minimum absolute atomic E-state index is 0.615. The van der Waals surface area contributed by atoms with Crippen molar-refractivity contribution in [3.05, 3.63) is 77.9 Å². The lowest BCUT2D eigenvalue weighted by molar-refractivity contribution is 0.208. The van der Waals surface area contributed by atoms with E-state index in [9.17, 15) is 5.11 Å². The van der Waals surface area contributed by atoms with Gasteiger partial charge in [0.15, 0.2) is 6.23 Å². The summed E-state index contributed by atoms with van der Waals surface area (Å²) in [5.41, 5.74) is 12.9. The summed E-state index contributed by atoms with van der Waals surface area (Å²) in [6, 6.07) is 22.3. The maximum absolute atomic E-state index is 10.6. The Bertz CT molecular complexity index is 965. The molecule has 0 amide bonds. The first-order chi connectivity index (χ1) is 14.1. The van der Waals surface area contributed by atoms with Crippen LogP contribution in [0.1, 0.15) is 17.4 Å². The molecule has 0 aromatic heterocycles. The van der Waals surface area contributed by atoms with Gasteiger partial charge in [-0.1, -0.05) is 42.5 Å². The van der Waals surface area contributed by atoms with Crippen molar-refractivity contribution in [1.82, 2.24) is 5.32 Å². The summed E-state index contributed by atoms with van der Waals surface area (Å²) in [5.74, 6) is 0. The molecule has 5 heteroatoms. The first-order valence-electron chi connectivity index (χ1n) is 10.1. The Morgan fingerprint density at radius 3 is 2.41 bits per heavy atom. The van der Waals surface area contributed by atoms with Crippen LogP contribution in [0.5, 0.6) is 0 Å². The second-order valence-electron chi connectivity index (χ2n) is 7.49. The number of nitrogen functional groups attached to an aromatic ring is 1. The number of hydrogen-bond acceptors (Lipinski definition) is 5. The molecule has 29 heavy (non-hydrogen) atoms. The fourth-order valence-electron chi connectivity index (χ4n) is 3.81. The molecule has 0 radical (unpaired) electrons. The van der Waals surface area contributed by atoms with Gasteiger partial charge in [-0.2, -0.15) is 0 Å². The van der Waals surface area contributed by atoms with Crippen molar-refractivity contribution in [3.8, 4) is 11.1 Å². The highest BCUT2D eigenvalue weighted by Crippen LogP contribution is 2.29. The standard InChI is InChI=1S/C24H28N4O/c1-17-16-19(24(29)27-23-5-3-2-4-22(23)25)8-11-21(17)18-6-9-20(10-7-18)28-14-12-26-13-15-28/h2-11,16,24,26-27,29H,12-15,25H2,1H3. The molecule has 1 aliphatic rings. The van der Waals surface area contributed by atoms with Crippen molar-refractivity contribution in [3.63, 3.8) is 0 Å². The fraction of sp³-hybridized carbons (Fsp3) is 0.250. The van der Waals surface area contributed by atoms with Gasteiger partial charge >= 0.3 is 0 Å². The van der Waals surface area contributed by atoms with Crippen molar-refractivity contribution >= 4 is 17.1 Å². The number of nitrogens with zero attached hydrogens (tertiary/aromatic N) is 1. The van der Waals surface area contributed by atoms with Gasteiger partial charge in [-0.05, 0) is 47.9 Å². The lowest BCUT2D eigenvalue weighted by Crippen LogP contribution is -2.43. The summed E-state index contributed by atoms with van der Waals surface area (Å²) in [7, 11) is 0. The summed E-state index contributed by atoms with van der Waals surface area (Å²) in [4.78, 5) is 2.41. The second kappa shape index (κ2) is 8.55. The van der Waals surface area contributed by atoms with Crippen LogP contribution < -0.4 is 21.3 Å². The molecule has 1 atom stereocenters. The topological polar surface area (TPSA) is 73.5 Å². The molecule has 4 rings (SSSR count). The predicted molar refractivity (Wildman–Crippen MR) is 121 cm³/mol. The average Bonchev–Trinajstić information content (AvgIpc) is 2.76. The van der Waals surface area contributed by atoms with Crippen molar-refractivity contribution in [2.45, 2.75) is 13.2 Å². The monoisotopic (exact) mass is 388 g/mol. The summed E-state index contributed by atoms with van der Waals surface area (Å²) in [6.45, 7) is 6.24. The zero-order valence-electron chi connectivity index (χ0n) is 16.7. The molecule has 0 saturated carbocycles. The Morgan fingerprint density at radius 2 is 1.72 bits per heavy atom. The molecular formula is C24H28N4O. The van der Waals surface area contributed by atoms with E-state index in [2.05, 4.69) is 52.8 Å². The lowest BCUT2D eigenvalue weighted by Gasteiger charge is -2.29. The van der Waals surface area contributed by atoms with Crippen LogP contribution in [0.4, 0.5) is 17.1 Å². The summed E-state index contributed by atoms with van der Waals surface area (Å²) >= 11 is 0. The first-order valence-corrected chi connectivity index (χ1v) is 10.1. The van der Waals surface area contributed by atoms with Gasteiger partial charge in [0.25, 0.3) is 0 Å². The minimum Gasteiger partial charge on any atom is -0.397 e. The SMILES string of the molecule is Cc1cc(C(O)Nc2ccccc2N)ccc1-c1ccc(N2CCNCC2)cc1. The van der Waals surface area contributed by atoms with Crippen molar-refractivity contribution in [1.29, 1.82) is 0 Å². The van der Waals surface area contributed by atoms with Gasteiger partial charge in [0.2, 0.25) is 0 Å². The van der Waals surface area contributed by atoms with Crippen LogP contribution in [-0.4, -0.2) is 31.3 Å². The van der Waals surface area contributed by atoms with Crippen LogP contribution in [0.3, 0.4) is 0 Å². The van der Waals surface area contributed by atoms with Crippen molar-refractivity contribution < 1.29 is 5.11 Å². The molecule has 0 aliphatic carbocycles. The quantitative estimate of drug-likeness (QED) is 0.396. The highest BCUT2D eigenvalue weighted by molar-refractivity contribution is 5.70. The first kappa shape index (κ1) is 19.3. The number of anilines is 3. The number of nitrogens with two attached hydrogens (primary N) is 1. The Labute approximate surface area is 172 Å². The number of hydrogen-bond donors (Lipinski definition) is 4. The molecule has 1 heterocycles. The van der Waals surface area contributed by atoms with Gasteiger partial charge in [-0.15, -0.1) is 0 Å². The Balaban J connectivity index is 1.50.